The third-order valence-electron chi connectivity index (χ3n) is 4.67. The van der Waals surface area contributed by atoms with Crippen molar-refractivity contribution < 1.29 is 9.59 Å². The second-order valence-electron chi connectivity index (χ2n) is 6.47. The standard InChI is InChI=1S/C21H25N3O2/c1-2-22-20(25)21(26)23-13-11-16-7-9-19(10-8-16)24-14-12-17-5-3-4-6-18(17)15-24/h3-10H,2,11-15H2,1H3,(H,22,25)(H,23,26). The molecule has 0 saturated heterocycles. The molecule has 2 amide bonds. The molecule has 0 saturated carbocycles. The Bertz CT molecular complexity index is 771. The van der Waals surface area contributed by atoms with Gasteiger partial charge in [0.1, 0.15) is 0 Å². The van der Waals surface area contributed by atoms with Crippen LogP contribution >= 0.6 is 0 Å². The molecule has 5 nitrogen and oxygen atoms in total. The lowest BCUT2D eigenvalue weighted by Gasteiger charge is -2.30. The van der Waals surface area contributed by atoms with E-state index in [9.17, 15) is 9.59 Å². The zero-order chi connectivity index (χ0) is 18.4. The first kappa shape index (κ1) is 18.0. The largest absolute Gasteiger partial charge is 0.367 e. The van der Waals surface area contributed by atoms with Crippen LogP contribution in [0.4, 0.5) is 5.69 Å². The average molecular weight is 351 g/mol. The lowest BCUT2D eigenvalue weighted by Crippen LogP contribution is -2.40. The SMILES string of the molecule is CCNC(=O)C(=O)NCCc1ccc(N2CCc3ccccc3C2)cc1. The highest BCUT2D eigenvalue weighted by atomic mass is 16.2. The molecule has 0 fully saturated rings. The normalized spacial score (nSPS) is 13.0. The van der Waals surface area contributed by atoms with Gasteiger partial charge in [-0.25, -0.2) is 0 Å². The van der Waals surface area contributed by atoms with Crippen LogP contribution in [0.25, 0.3) is 0 Å². The molecule has 3 rings (SSSR count). The van der Waals surface area contributed by atoms with Crippen LogP contribution < -0.4 is 15.5 Å². The molecule has 2 aromatic carbocycles. The third-order valence-corrected chi connectivity index (χ3v) is 4.67. The van der Waals surface area contributed by atoms with Gasteiger partial charge in [-0.15, -0.1) is 0 Å². The van der Waals surface area contributed by atoms with Crippen molar-refractivity contribution >= 4 is 17.5 Å². The summed E-state index contributed by atoms with van der Waals surface area (Å²) in [6.45, 7) is 4.66. The highest BCUT2D eigenvalue weighted by Crippen LogP contribution is 2.24. The molecule has 0 unspecified atom stereocenters. The smallest absolute Gasteiger partial charge is 0.309 e. The molecular weight excluding hydrogens is 326 g/mol. The first-order valence-electron chi connectivity index (χ1n) is 9.14. The van der Waals surface area contributed by atoms with E-state index in [4.69, 9.17) is 0 Å². The zero-order valence-electron chi connectivity index (χ0n) is 15.1. The molecule has 1 aliphatic rings. The first-order chi connectivity index (χ1) is 12.7. The van der Waals surface area contributed by atoms with Gasteiger partial charge in [0.15, 0.2) is 0 Å². The molecule has 0 aromatic heterocycles. The summed E-state index contributed by atoms with van der Waals surface area (Å²) < 4.78 is 0. The van der Waals surface area contributed by atoms with Crippen molar-refractivity contribution in [2.75, 3.05) is 24.5 Å². The number of amides is 2. The Balaban J connectivity index is 1.51. The molecule has 5 heteroatoms. The second kappa shape index (κ2) is 8.52. The average Bonchev–Trinajstić information content (AvgIpc) is 2.68. The maximum absolute atomic E-state index is 11.6. The molecule has 2 N–H and O–H groups in total. The predicted octanol–water partition coefficient (Wildman–Crippen LogP) is 2.04. The van der Waals surface area contributed by atoms with E-state index in [2.05, 4.69) is 64.1 Å². The fourth-order valence-corrected chi connectivity index (χ4v) is 3.23. The van der Waals surface area contributed by atoms with Gasteiger partial charge in [-0.05, 0) is 48.6 Å². The van der Waals surface area contributed by atoms with E-state index >= 15 is 0 Å². The molecule has 0 bridgehead atoms. The second-order valence-corrected chi connectivity index (χ2v) is 6.47. The quantitative estimate of drug-likeness (QED) is 0.811. The van der Waals surface area contributed by atoms with Crippen LogP contribution in [0, 0.1) is 0 Å². The Labute approximate surface area is 154 Å². The van der Waals surface area contributed by atoms with E-state index in [1.807, 2.05) is 0 Å². The summed E-state index contributed by atoms with van der Waals surface area (Å²) in [7, 11) is 0. The first-order valence-corrected chi connectivity index (χ1v) is 9.14. The topological polar surface area (TPSA) is 61.4 Å². The van der Waals surface area contributed by atoms with Crippen LogP contribution in [0.3, 0.4) is 0 Å². The number of carbonyl (C=O) groups is 2. The molecule has 2 aromatic rings. The van der Waals surface area contributed by atoms with Crippen molar-refractivity contribution in [3.05, 3.63) is 65.2 Å². The molecule has 1 aliphatic heterocycles. The Morgan fingerprint density at radius 3 is 2.38 bits per heavy atom. The molecule has 1 heterocycles. The molecule has 26 heavy (non-hydrogen) atoms. The monoisotopic (exact) mass is 351 g/mol. The van der Waals surface area contributed by atoms with Crippen LogP contribution in [0.1, 0.15) is 23.6 Å². The number of fused-ring (bicyclic) bond motifs is 1. The molecule has 0 aliphatic carbocycles. The predicted molar refractivity (Wildman–Crippen MR) is 103 cm³/mol. The van der Waals surface area contributed by atoms with Crippen molar-refractivity contribution in [3.8, 4) is 0 Å². The van der Waals surface area contributed by atoms with Crippen molar-refractivity contribution in [3.63, 3.8) is 0 Å². The van der Waals surface area contributed by atoms with Crippen LogP contribution in [-0.4, -0.2) is 31.4 Å². The van der Waals surface area contributed by atoms with Gasteiger partial charge in [-0.1, -0.05) is 36.4 Å². The van der Waals surface area contributed by atoms with Crippen molar-refractivity contribution in [1.29, 1.82) is 0 Å². The van der Waals surface area contributed by atoms with Crippen LogP contribution in [-0.2, 0) is 29.0 Å². The number of hydrogen-bond acceptors (Lipinski definition) is 3. The van der Waals surface area contributed by atoms with Gasteiger partial charge >= 0.3 is 11.8 Å². The number of anilines is 1. The van der Waals surface area contributed by atoms with Crippen LogP contribution in [0.2, 0.25) is 0 Å². The van der Waals surface area contributed by atoms with E-state index in [1.54, 1.807) is 6.92 Å². The van der Waals surface area contributed by atoms with Gasteiger partial charge in [0, 0.05) is 31.9 Å². The van der Waals surface area contributed by atoms with Gasteiger partial charge in [-0.2, -0.15) is 0 Å². The Hall–Kier alpha value is -2.82. The number of carbonyl (C=O) groups excluding carboxylic acids is 2. The Morgan fingerprint density at radius 1 is 0.962 bits per heavy atom. The molecular formula is C21H25N3O2. The van der Waals surface area contributed by atoms with Gasteiger partial charge in [0.05, 0.1) is 0 Å². The van der Waals surface area contributed by atoms with E-state index in [0.717, 1.165) is 25.1 Å². The minimum Gasteiger partial charge on any atom is -0.367 e. The van der Waals surface area contributed by atoms with Gasteiger partial charge < -0.3 is 15.5 Å². The molecule has 0 radical (unpaired) electrons. The Kier molecular flexibility index (Phi) is 5.89. The number of nitrogens with one attached hydrogen (secondary N) is 2. The summed E-state index contributed by atoms with van der Waals surface area (Å²) in [5.74, 6) is -1.15. The van der Waals surface area contributed by atoms with E-state index in [0.29, 0.717) is 19.5 Å². The minimum absolute atomic E-state index is 0.451. The minimum atomic E-state index is -0.576. The Morgan fingerprint density at radius 2 is 1.65 bits per heavy atom. The summed E-state index contributed by atoms with van der Waals surface area (Å²) in [5, 5.41) is 5.13. The number of benzene rings is 2. The third kappa shape index (κ3) is 4.42. The van der Waals surface area contributed by atoms with Crippen molar-refractivity contribution in [1.82, 2.24) is 10.6 Å². The van der Waals surface area contributed by atoms with Gasteiger partial charge in [0.2, 0.25) is 0 Å². The summed E-state index contributed by atoms with van der Waals surface area (Å²) >= 11 is 0. The van der Waals surface area contributed by atoms with E-state index in [-0.39, 0.29) is 0 Å². The number of nitrogens with zero attached hydrogens (tertiary/aromatic N) is 1. The lowest BCUT2D eigenvalue weighted by molar-refractivity contribution is -0.139. The fourth-order valence-electron chi connectivity index (χ4n) is 3.23. The summed E-state index contributed by atoms with van der Waals surface area (Å²) in [4.78, 5) is 25.3. The number of hydrogen-bond donors (Lipinski definition) is 2. The maximum Gasteiger partial charge on any atom is 0.309 e. The molecule has 0 spiro atoms. The molecule has 136 valence electrons. The lowest BCUT2D eigenvalue weighted by atomic mass is 9.99. The van der Waals surface area contributed by atoms with Crippen molar-refractivity contribution in [2.45, 2.75) is 26.3 Å². The van der Waals surface area contributed by atoms with Crippen molar-refractivity contribution in [2.24, 2.45) is 0 Å². The summed E-state index contributed by atoms with van der Waals surface area (Å²) in [6, 6.07) is 17.1. The van der Waals surface area contributed by atoms with Crippen LogP contribution in [0.5, 0.6) is 0 Å². The number of rotatable bonds is 5. The maximum atomic E-state index is 11.6. The highest BCUT2D eigenvalue weighted by molar-refractivity contribution is 6.35. The van der Waals surface area contributed by atoms with Crippen LogP contribution in [0.15, 0.2) is 48.5 Å². The highest BCUT2D eigenvalue weighted by Gasteiger charge is 2.16. The summed E-state index contributed by atoms with van der Waals surface area (Å²) in [5.41, 5.74) is 5.20. The van der Waals surface area contributed by atoms with Gasteiger partial charge in [-0.3, -0.25) is 9.59 Å². The fraction of sp³-hybridized carbons (Fsp3) is 0.333. The summed E-state index contributed by atoms with van der Waals surface area (Å²) in [6.07, 6.45) is 1.78. The number of likely N-dealkylation sites (N-methyl/N-ethyl adjacent to an activating group) is 1. The van der Waals surface area contributed by atoms with Gasteiger partial charge in [0.25, 0.3) is 0 Å². The zero-order valence-corrected chi connectivity index (χ0v) is 15.1. The van der Waals surface area contributed by atoms with E-state index < -0.39 is 11.8 Å². The van der Waals surface area contributed by atoms with E-state index in [1.165, 1.54) is 16.8 Å². The molecule has 0 atom stereocenters.